The SMILES string of the molecule is CCOC(=O)Nc1ccc2c(c1)N(C(=O)C[NH+]1CCOCC1)c1ccccc1CC2. The van der Waals surface area contributed by atoms with Crippen LogP contribution in [-0.2, 0) is 27.1 Å². The number of anilines is 3. The van der Waals surface area contributed by atoms with Gasteiger partial charge in [0, 0.05) is 5.69 Å². The second kappa shape index (κ2) is 9.28. The van der Waals surface area contributed by atoms with Gasteiger partial charge in [0.1, 0.15) is 13.1 Å². The minimum absolute atomic E-state index is 0.0517. The number of hydrogen-bond acceptors (Lipinski definition) is 4. The van der Waals surface area contributed by atoms with Crippen LogP contribution in [0.5, 0.6) is 0 Å². The molecule has 2 aromatic rings. The fourth-order valence-electron chi connectivity index (χ4n) is 4.08. The number of hydrogen-bond donors (Lipinski definition) is 2. The summed E-state index contributed by atoms with van der Waals surface area (Å²) < 4.78 is 10.4. The van der Waals surface area contributed by atoms with Gasteiger partial charge in [0.2, 0.25) is 0 Å². The quantitative estimate of drug-likeness (QED) is 0.808. The maximum atomic E-state index is 13.5. The molecule has 1 saturated heterocycles. The highest BCUT2D eigenvalue weighted by Gasteiger charge is 2.29. The van der Waals surface area contributed by atoms with E-state index in [4.69, 9.17) is 9.47 Å². The lowest BCUT2D eigenvalue weighted by atomic mass is 10.0. The molecule has 0 bridgehead atoms. The van der Waals surface area contributed by atoms with E-state index >= 15 is 0 Å². The van der Waals surface area contributed by atoms with Crippen LogP contribution in [0.4, 0.5) is 21.9 Å². The van der Waals surface area contributed by atoms with Gasteiger partial charge in [-0.05, 0) is 49.1 Å². The van der Waals surface area contributed by atoms with Crippen molar-refractivity contribution < 1.29 is 24.0 Å². The Labute approximate surface area is 176 Å². The molecular weight excluding hydrogens is 382 g/mol. The highest BCUT2D eigenvalue weighted by molar-refractivity contribution is 6.03. The lowest BCUT2D eigenvalue weighted by molar-refractivity contribution is -0.900. The summed E-state index contributed by atoms with van der Waals surface area (Å²) in [5, 5.41) is 2.76. The molecule has 4 rings (SSSR count). The number of para-hydroxylation sites is 1. The van der Waals surface area contributed by atoms with Gasteiger partial charge < -0.3 is 14.4 Å². The van der Waals surface area contributed by atoms with Crippen LogP contribution in [0.15, 0.2) is 42.5 Å². The van der Waals surface area contributed by atoms with E-state index in [9.17, 15) is 9.59 Å². The van der Waals surface area contributed by atoms with E-state index < -0.39 is 6.09 Å². The Hall–Kier alpha value is -2.90. The van der Waals surface area contributed by atoms with Crippen molar-refractivity contribution in [2.45, 2.75) is 19.8 Å². The number of carbonyl (C=O) groups excluding carboxylic acids is 2. The maximum absolute atomic E-state index is 13.5. The van der Waals surface area contributed by atoms with Crippen molar-refractivity contribution in [2.24, 2.45) is 0 Å². The van der Waals surface area contributed by atoms with Gasteiger partial charge in [-0.2, -0.15) is 0 Å². The molecule has 0 unspecified atom stereocenters. The lowest BCUT2D eigenvalue weighted by Gasteiger charge is -2.29. The molecule has 2 aliphatic heterocycles. The zero-order valence-corrected chi connectivity index (χ0v) is 17.3. The van der Waals surface area contributed by atoms with Crippen LogP contribution in [-0.4, -0.2) is 51.5 Å². The Morgan fingerprint density at radius 3 is 2.57 bits per heavy atom. The van der Waals surface area contributed by atoms with Crippen molar-refractivity contribution in [1.82, 2.24) is 0 Å². The Kier molecular flexibility index (Phi) is 6.30. The Bertz CT molecular complexity index is 924. The van der Waals surface area contributed by atoms with Crippen molar-refractivity contribution in [3.8, 4) is 0 Å². The molecule has 0 radical (unpaired) electrons. The number of quaternary nitrogens is 1. The zero-order chi connectivity index (χ0) is 20.9. The fraction of sp³-hybridized carbons (Fsp3) is 0.391. The molecule has 0 spiro atoms. The van der Waals surface area contributed by atoms with Crippen molar-refractivity contribution in [1.29, 1.82) is 0 Å². The molecular formula is C23H28N3O4+. The van der Waals surface area contributed by atoms with Gasteiger partial charge in [-0.15, -0.1) is 0 Å². The number of rotatable bonds is 4. The van der Waals surface area contributed by atoms with E-state index in [1.165, 1.54) is 4.90 Å². The van der Waals surface area contributed by atoms with Crippen LogP contribution in [0.2, 0.25) is 0 Å². The second-order valence-corrected chi connectivity index (χ2v) is 7.59. The summed E-state index contributed by atoms with van der Waals surface area (Å²) in [6, 6.07) is 13.8. The van der Waals surface area contributed by atoms with E-state index in [0.717, 1.165) is 48.4 Å². The second-order valence-electron chi connectivity index (χ2n) is 7.59. The highest BCUT2D eigenvalue weighted by atomic mass is 16.5. The number of nitrogens with one attached hydrogen (secondary N) is 2. The predicted octanol–water partition coefficient (Wildman–Crippen LogP) is 1.93. The third-order valence-corrected chi connectivity index (χ3v) is 5.59. The van der Waals surface area contributed by atoms with Gasteiger partial charge in [0.15, 0.2) is 6.54 Å². The predicted molar refractivity (Wildman–Crippen MR) is 114 cm³/mol. The van der Waals surface area contributed by atoms with Crippen molar-refractivity contribution in [2.75, 3.05) is 49.7 Å². The maximum Gasteiger partial charge on any atom is 0.411 e. The van der Waals surface area contributed by atoms with Crippen LogP contribution >= 0.6 is 0 Å². The number of aryl methyl sites for hydroxylation is 2. The van der Waals surface area contributed by atoms with E-state index in [2.05, 4.69) is 11.4 Å². The van der Waals surface area contributed by atoms with Gasteiger partial charge in [0.25, 0.3) is 5.91 Å². The van der Waals surface area contributed by atoms with Crippen molar-refractivity contribution in [3.63, 3.8) is 0 Å². The molecule has 2 amide bonds. The first kappa shape index (κ1) is 20.4. The molecule has 7 heteroatoms. The minimum atomic E-state index is -0.498. The summed E-state index contributed by atoms with van der Waals surface area (Å²) >= 11 is 0. The number of fused-ring (bicyclic) bond motifs is 2. The molecule has 0 aromatic heterocycles. The molecule has 2 heterocycles. The topological polar surface area (TPSA) is 72.3 Å². The number of morpholine rings is 1. The van der Waals surface area contributed by atoms with E-state index in [-0.39, 0.29) is 5.91 Å². The van der Waals surface area contributed by atoms with E-state index in [1.807, 2.05) is 41.3 Å². The average molecular weight is 410 g/mol. The zero-order valence-electron chi connectivity index (χ0n) is 17.3. The van der Waals surface area contributed by atoms with Gasteiger partial charge in [0.05, 0.1) is 31.2 Å². The molecule has 2 aliphatic rings. The Balaban J connectivity index is 1.69. The minimum Gasteiger partial charge on any atom is -0.450 e. The molecule has 0 saturated carbocycles. The number of amides is 2. The Morgan fingerprint density at radius 2 is 1.80 bits per heavy atom. The molecule has 30 heavy (non-hydrogen) atoms. The fourth-order valence-corrected chi connectivity index (χ4v) is 4.08. The first-order valence-electron chi connectivity index (χ1n) is 10.5. The molecule has 0 atom stereocenters. The number of carbonyl (C=O) groups is 2. The van der Waals surface area contributed by atoms with Crippen LogP contribution in [0.1, 0.15) is 18.1 Å². The lowest BCUT2D eigenvalue weighted by Crippen LogP contribution is -3.15. The molecule has 7 nitrogen and oxygen atoms in total. The van der Waals surface area contributed by atoms with Crippen molar-refractivity contribution in [3.05, 3.63) is 53.6 Å². The van der Waals surface area contributed by atoms with Crippen molar-refractivity contribution >= 4 is 29.1 Å². The average Bonchev–Trinajstić information content (AvgIpc) is 2.91. The first-order valence-corrected chi connectivity index (χ1v) is 10.5. The molecule has 1 fully saturated rings. The van der Waals surface area contributed by atoms with Gasteiger partial charge in [-0.1, -0.05) is 24.3 Å². The van der Waals surface area contributed by atoms with Crippen LogP contribution in [0.25, 0.3) is 0 Å². The Morgan fingerprint density at radius 1 is 1.07 bits per heavy atom. The summed E-state index contributed by atoms with van der Waals surface area (Å²) in [4.78, 5) is 28.5. The number of ether oxygens (including phenoxy) is 2. The summed E-state index contributed by atoms with van der Waals surface area (Å²) in [5.74, 6) is 0.0517. The number of nitrogens with zero attached hydrogens (tertiary/aromatic N) is 1. The smallest absolute Gasteiger partial charge is 0.411 e. The van der Waals surface area contributed by atoms with Gasteiger partial charge in [-0.25, -0.2) is 4.79 Å². The largest absolute Gasteiger partial charge is 0.450 e. The molecule has 158 valence electrons. The normalized spacial score (nSPS) is 16.2. The first-order chi connectivity index (χ1) is 14.7. The monoisotopic (exact) mass is 410 g/mol. The van der Waals surface area contributed by atoms with E-state index in [0.29, 0.717) is 32.1 Å². The summed E-state index contributed by atoms with van der Waals surface area (Å²) in [6.45, 7) is 5.51. The van der Waals surface area contributed by atoms with Gasteiger partial charge >= 0.3 is 6.09 Å². The third-order valence-electron chi connectivity index (χ3n) is 5.59. The van der Waals surface area contributed by atoms with Crippen LogP contribution in [0, 0.1) is 0 Å². The number of benzene rings is 2. The van der Waals surface area contributed by atoms with E-state index in [1.54, 1.807) is 6.92 Å². The third kappa shape index (κ3) is 4.47. The van der Waals surface area contributed by atoms with Gasteiger partial charge in [-0.3, -0.25) is 15.0 Å². The molecule has 2 aromatic carbocycles. The summed E-state index contributed by atoms with van der Waals surface area (Å²) in [6.07, 6.45) is 1.20. The van der Waals surface area contributed by atoms with Crippen LogP contribution in [0.3, 0.4) is 0 Å². The highest BCUT2D eigenvalue weighted by Crippen LogP contribution is 2.37. The summed E-state index contributed by atoms with van der Waals surface area (Å²) in [7, 11) is 0. The van der Waals surface area contributed by atoms with Crippen LogP contribution < -0.4 is 15.1 Å². The molecule has 0 aliphatic carbocycles. The standard InChI is InChI=1S/C23H27N3O4/c1-2-30-23(28)24-19-10-9-18-8-7-17-5-3-4-6-20(17)26(21(18)15-19)22(27)16-25-11-13-29-14-12-25/h3-6,9-10,15H,2,7-8,11-14,16H2,1H3,(H,24,28)/p+1. The molecule has 2 N–H and O–H groups in total. The summed E-state index contributed by atoms with van der Waals surface area (Å²) in [5.41, 5.74) is 4.60.